The number of carbonyl (C=O) groups excluding carboxylic acids is 1. The van der Waals surface area contributed by atoms with Crippen molar-refractivity contribution in [3.05, 3.63) is 23.8 Å². The summed E-state index contributed by atoms with van der Waals surface area (Å²) in [6.07, 6.45) is 0. The van der Waals surface area contributed by atoms with Gasteiger partial charge in [0.15, 0.2) is 17.3 Å². The molecule has 13 heavy (non-hydrogen) atoms. The summed E-state index contributed by atoms with van der Waals surface area (Å²) in [6.45, 7) is 1.70. The van der Waals surface area contributed by atoms with E-state index in [1.807, 2.05) is 0 Å². The Kier molecular flexibility index (Phi) is 2.93. The molecular formula is C9H9BrO3. The number of benzene rings is 1. The lowest BCUT2D eigenvalue weighted by molar-refractivity contribution is 0.0995. The van der Waals surface area contributed by atoms with Crippen molar-refractivity contribution in [3.8, 4) is 11.5 Å². The minimum Gasteiger partial charge on any atom is -0.504 e. The molecule has 0 amide bonds. The van der Waals surface area contributed by atoms with Crippen LogP contribution in [-0.2, 0) is 0 Å². The van der Waals surface area contributed by atoms with E-state index in [0.717, 1.165) is 0 Å². The fourth-order valence-electron chi connectivity index (χ4n) is 0.906. The van der Waals surface area contributed by atoms with E-state index in [2.05, 4.69) is 15.9 Å². The summed E-state index contributed by atoms with van der Waals surface area (Å²) in [5.74, 6) is -0.631. The molecule has 0 aliphatic carbocycles. The Morgan fingerprint density at radius 3 is 2.46 bits per heavy atom. The largest absolute Gasteiger partial charge is 0.504 e. The highest BCUT2D eigenvalue weighted by Crippen LogP contribution is 2.25. The number of Topliss-reactive ketones (excluding diaryl/α,β-unsaturated/α-hetero) is 1. The number of alkyl halides is 1. The van der Waals surface area contributed by atoms with Crippen molar-refractivity contribution in [3.63, 3.8) is 0 Å². The summed E-state index contributed by atoms with van der Waals surface area (Å²) in [7, 11) is 0. The number of hydrogen-bond acceptors (Lipinski definition) is 3. The Balaban J connectivity index is 3.04. The third kappa shape index (κ3) is 2.21. The zero-order valence-corrected chi connectivity index (χ0v) is 8.58. The predicted molar refractivity (Wildman–Crippen MR) is 52.5 cm³/mol. The van der Waals surface area contributed by atoms with Crippen LogP contribution < -0.4 is 0 Å². The maximum Gasteiger partial charge on any atom is 0.176 e. The molecule has 0 unspecified atom stereocenters. The molecular weight excluding hydrogens is 236 g/mol. The summed E-state index contributed by atoms with van der Waals surface area (Å²) >= 11 is 3.13. The standard InChI is InChI=1S/C9H9BrO3/c1-5(10)9(13)6-2-3-7(11)8(12)4-6/h2-5,11-12H,1H3/t5-/m0/s1. The number of aromatic hydroxyl groups is 2. The number of phenolic OH excluding ortho intramolecular Hbond substituents is 2. The Morgan fingerprint density at radius 1 is 1.38 bits per heavy atom. The van der Waals surface area contributed by atoms with Crippen molar-refractivity contribution in [2.45, 2.75) is 11.8 Å². The van der Waals surface area contributed by atoms with E-state index in [4.69, 9.17) is 10.2 Å². The highest BCUT2D eigenvalue weighted by molar-refractivity contribution is 9.10. The topological polar surface area (TPSA) is 57.5 Å². The van der Waals surface area contributed by atoms with E-state index < -0.39 is 0 Å². The second-order valence-corrected chi connectivity index (χ2v) is 4.06. The second kappa shape index (κ2) is 3.79. The van der Waals surface area contributed by atoms with E-state index in [1.165, 1.54) is 18.2 Å². The molecule has 4 heteroatoms. The molecule has 0 saturated heterocycles. The van der Waals surface area contributed by atoms with Crippen molar-refractivity contribution in [2.24, 2.45) is 0 Å². The van der Waals surface area contributed by atoms with Crippen molar-refractivity contribution in [2.75, 3.05) is 0 Å². The van der Waals surface area contributed by atoms with Crippen LogP contribution in [0.4, 0.5) is 0 Å². The molecule has 1 atom stereocenters. The van der Waals surface area contributed by atoms with Crippen molar-refractivity contribution >= 4 is 21.7 Å². The number of rotatable bonds is 2. The normalized spacial score (nSPS) is 12.5. The highest BCUT2D eigenvalue weighted by Gasteiger charge is 2.13. The van der Waals surface area contributed by atoms with E-state index in [1.54, 1.807) is 6.92 Å². The van der Waals surface area contributed by atoms with Gasteiger partial charge >= 0.3 is 0 Å². The van der Waals surface area contributed by atoms with Gasteiger partial charge in [0.25, 0.3) is 0 Å². The number of ketones is 1. The van der Waals surface area contributed by atoms with Gasteiger partial charge in [-0.3, -0.25) is 4.79 Å². The average molecular weight is 245 g/mol. The van der Waals surface area contributed by atoms with Crippen LogP contribution in [0.5, 0.6) is 11.5 Å². The van der Waals surface area contributed by atoms with Gasteiger partial charge in [-0.1, -0.05) is 15.9 Å². The lowest BCUT2D eigenvalue weighted by Gasteiger charge is -2.03. The molecule has 0 saturated carbocycles. The van der Waals surface area contributed by atoms with Gasteiger partial charge < -0.3 is 10.2 Å². The first kappa shape index (κ1) is 10.1. The van der Waals surface area contributed by atoms with Crippen LogP contribution in [0.1, 0.15) is 17.3 Å². The molecule has 0 aromatic heterocycles. The summed E-state index contributed by atoms with van der Waals surface area (Å²) in [5, 5.41) is 18.1. The molecule has 1 rings (SSSR count). The summed E-state index contributed by atoms with van der Waals surface area (Å²) in [5.41, 5.74) is 0.375. The smallest absolute Gasteiger partial charge is 0.176 e. The zero-order chi connectivity index (χ0) is 10.0. The zero-order valence-electron chi connectivity index (χ0n) is 6.99. The second-order valence-electron chi connectivity index (χ2n) is 2.68. The van der Waals surface area contributed by atoms with Gasteiger partial charge in [-0.25, -0.2) is 0 Å². The van der Waals surface area contributed by atoms with E-state index in [-0.39, 0.29) is 22.1 Å². The van der Waals surface area contributed by atoms with Crippen LogP contribution >= 0.6 is 15.9 Å². The Bertz CT molecular complexity index is 334. The maximum absolute atomic E-state index is 11.4. The van der Waals surface area contributed by atoms with E-state index >= 15 is 0 Å². The summed E-state index contributed by atoms with van der Waals surface area (Å²) in [6, 6.07) is 4.00. The number of hydrogen-bond donors (Lipinski definition) is 2. The van der Waals surface area contributed by atoms with Gasteiger partial charge in [0.2, 0.25) is 0 Å². The molecule has 2 N–H and O–H groups in total. The van der Waals surface area contributed by atoms with Crippen LogP contribution in [0.3, 0.4) is 0 Å². The first-order valence-electron chi connectivity index (χ1n) is 3.72. The number of halogens is 1. The van der Waals surface area contributed by atoms with E-state index in [0.29, 0.717) is 5.56 Å². The first-order chi connectivity index (χ1) is 6.02. The van der Waals surface area contributed by atoms with Crippen molar-refractivity contribution in [1.82, 2.24) is 0 Å². The minimum atomic E-state index is -0.295. The van der Waals surface area contributed by atoms with Gasteiger partial charge in [0.1, 0.15) is 0 Å². The lowest BCUT2D eigenvalue weighted by atomic mass is 10.1. The molecule has 1 aromatic carbocycles. The first-order valence-corrected chi connectivity index (χ1v) is 4.64. The molecule has 0 aliphatic heterocycles. The highest BCUT2D eigenvalue weighted by atomic mass is 79.9. The molecule has 0 heterocycles. The van der Waals surface area contributed by atoms with Crippen molar-refractivity contribution in [1.29, 1.82) is 0 Å². The van der Waals surface area contributed by atoms with Crippen LogP contribution in [0.2, 0.25) is 0 Å². The van der Waals surface area contributed by atoms with Gasteiger partial charge in [-0.05, 0) is 25.1 Å². The third-order valence-electron chi connectivity index (χ3n) is 1.62. The quantitative estimate of drug-likeness (QED) is 0.476. The van der Waals surface area contributed by atoms with Crippen molar-refractivity contribution < 1.29 is 15.0 Å². The SMILES string of the molecule is C[C@H](Br)C(=O)c1ccc(O)c(O)c1. The summed E-state index contributed by atoms with van der Waals surface area (Å²) < 4.78 is 0. The fourth-order valence-corrected chi connectivity index (χ4v) is 1.17. The average Bonchev–Trinajstić information content (AvgIpc) is 2.08. The molecule has 0 fully saturated rings. The molecule has 0 spiro atoms. The predicted octanol–water partition coefficient (Wildman–Crippen LogP) is 2.06. The van der Waals surface area contributed by atoms with Crippen LogP contribution in [0, 0.1) is 0 Å². The Hall–Kier alpha value is -1.03. The molecule has 0 bridgehead atoms. The Labute approximate surface area is 84.1 Å². The molecule has 0 radical (unpaired) electrons. The minimum absolute atomic E-state index is 0.129. The number of phenols is 2. The third-order valence-corrected chi connectivity index (χ3v) is 2.04. The van der Waals surface area contributed by atoms with Gasteiger partial charge in [-0.15, -0.1) is 0 Å². The van der Waals surface area contributed by atoms with Crippen LogP contribution in [0.25, 0.3) is 0 Å². The molecule has 70 valence electrons. The van der Waals surface area contributed by atoms with Gasteiger partial charge in [0.05, 0.1) is 4.83 Å². The van der Waals surface area contributed by atoms with Crippen LogP contribution in [0.15, 0.2) is 18.2 Å². The fraction of sp³-hybridized carbons (Fsp3) is 0.222. The monoisotopic (exact) mass is 244 g/mol. The van der Waals surface area contributed by atoms with E-state index in [9.17, 15) is 4.79 Å². The van der Waals surface area contributed by atoms with Gasteiger partial charge in [-0.2, -0.15) is 0 Å². The van der Waals surface area contributed by atoms with Crippen LogP contribution in [-0.4, -0.2) is 20.8 Å². The molecule has 0 aliphatic rings. The summed E-state index contributed by atoms with van der Waals surface area (Å²) in [4.78, 5) is 11.1. The maximum atomic E-state index is 11.4. The molecule has 3 nitrogen and oxygen atoms in total. The molecule has 1 aromatic rings. The lowest BCUT2D eigenvalue weighted by Crippen LogP contribution is -2.09. The Morgan fingerprint density at radius 2 is 2.00 bits per heavy atom. The van der Waals surface area contributed by atoms with Gasteiger partial charge in [0, 0.05) is 5.56 Å². The number of carbonyl (C=O) groups is 1.